The van der Waals surface area contributed by atoms with E-state index >= 15 is 0 Å². The molecule has 0 radical (unpaired) electrons. The van der Waals surface area contributed by atoms with Gasteiger partial charge in [0.05, 0.1) is 25.4 Å². The normalized spacial score (nSPS) is 21.2. The molecule has 2 N–H and O–H groups in total. The molecule has 14 heavy (non-hydrogen) atoms. The molecule has 84 valence electrons. The maximum Gasteiger partial charge on any atom is 0.0645 e. The van der Waals surface area contributed by atoms with Crippen LogP contribution in [0.4, 0.5) is 0 Å². The monoisotopic (exact) mass is 201 g/mol. The third-order valence-electron chi connectivity index (χ3n) is 2.77. The molecule has 0 aromatic carbocycles. The maximum absolute atomic E-state index is 9.11. The molecule has 2 unspecified atom stereocenters. The Bertz CT molecular complexity index is 157. The lowest BCUT2D eigenvalue weighted by Crippen LogP contribution is -2.39. The maximum atomic E-state index is 9.11. The molecule has 0 aromatic rings. The number of rotatable bonds is 7. The Morgan fingerprint density at radius 2 is 2.00 bits per heavy atom. The lowest BCUT2D eigenvalue weighted by atomic mass is 10.1. The molecule has 1 aliphatic carbocycles. The van der Waals surface area contributed by atoms with Gasteiger partial charge in [-0.1, -0.05) is 13.8 Å². The molecule has 1 rings (SSSR count). The van der Waals surface area contributed by atoms with Gasteiger partial charge in [-0.05, 0) is 25.7 Å². The molecule has 3 nitrogen and oxygen atoms in total. The van der Waals surface area contributed by atoms with E-state index in [1.165, 1.54) is 12.8 Å². The molecule has 0 aliphatic heterocycles. The van der Waals surface area contributed by atoms with E-state index < -0.39 is 0 Å². The number of aliphatic hydroxyl groups is 1. The molecular weight excluding hydrogens is 178 g/mol. The van der Waals surface area contributed by atoms with Crippen molar-refractivity contribution in [1.82, 2.24) is 5.32 Å². The third kappa shape index (κ3) is 4.40. The van der Waals surface area contributed by atoms with E-state index in [0.29, 0.717) is 18.6 Å². The van der Waals surface area contributed by atoms with Crippen LogP contribution in [0.3, 0.4) is 0 Å². The highest BCUT2D eigenvalue weighted by Gasteiger charge is 2.24. The summed E-state index contributed by atoms with van der Waals surface area (Å²) in [6.07, 6.45) is 2.76. The quantitative estimate of drug-likeness (QED) is 0.649. The van der Waals surface area contributed by atoms with Crippen molar-refractivity contribution in [3.8, 4) is 0 Å². The van der Waals surface area contributed by atoms with E-state index in [1.807, 2.05) is 0 Å². The number of aliphatic hydroxyl groups excluding tert-OH is 1. The second-order valence-electron chi connectivity index (χ2n) is 4.60. The van der Waals surface area contributed by atoms with Gasteiger partial charge in [0.2, 0.25) is 0 Å². The van der Waals surface area contributed by atoms with Crippen molar-refractivity contribution in [1.29, 1.82) is 0 Å². The summed E-state index contributed by atoms with van der Waals surface area (Å²) in [6.45, 7) is 7.16. The van der Waals surface area contributed by atoms with Gasteiger partial charge in [0.15, 0.2) is 0 Å². The Balaban J connectivity index is 2.12. The third-order valence-corrected chi connectivity index (χ3v) is 2.77. The highest BCUT2D eigenvalue weighted by atomic mass is 16.5. The minimum atomic E-state index is 0.115. The van der Waals surface area contributed by atoms with Crippen molar-refractivity contribution >= 4 is 0 Å². The Hall–Kier alpha value is -0.120. The smallest absolute Gasteiger partial charge is 0.0645 e. The van der Waals surface area contributed by atoms with Crippen LogP contribution in [0, 0.1) is 5.92 Å². The lowest BCUT2D eigenvalue weighted by Gasteiger charge is -2.21. The first-order valence-electron chi connectivity index (χ1n) is 5.62. The Labute approximate surface area is 86.8 Å². The van der Waals surface area contributed by atoms with Crippen LogP contribution in [0.25, 0.3) is 0 Å². The van der Waals surface area contributed by atoms with E-state index in [0.717, 1.165) is 0 Å². The standard InChI is InChI=1S/C11H23NO2/c1-8(2)9(3)14-7-11(6-13)12-10-4-5-10/h8-13H,4-7H2,1-3H3. The Morgan fingerprint density at radius 3 is 2.43 bits per heavy atom. The average Bonchev–Trinajstić information content (AvgIpc) is 2.95. The molecule has 0 heterocycles. The second kappa shape index (κ2) is 5.69. The van der Waals surface area contributed by atoms with Crippen molar-refractivity contribution in [2.45, 2.75) is 51.8 Å². The van der Waals surface area contributed by atoms with E-state index in [2.05, 4.69) is 26.1 Å². The van der Waals surface area contributed by atoms with Crippen LogP contribution in [-0.4, -0.2) is 36.5 Å². The predicted octanol–water partition coefficient (Wildman–Crippen LogP) is 1.16. The average molecular weight is 201 g/mol. The van der Waals surface area contributed by atoms with Crippen LogP contribution >= 0.6 is 0 Å². The summed E-state index contributed by atoms with van der Waals surface area (Å²) < 4.78 is 5.66. The van der Waals surface area contributed by atoms with Gasteiger partial charge >= 0.3 is 0 Å². The fourth-order valence-electron chi connectivity index (χ4n) is 1.20. The molecule has 0 bridgehead atoms. The van der Waals surface area contributed by atoms with Gasteiger partial charge in [-0.15, -0.1) is 0 Å². The fourth-order valence-corrected chi connectivity index (χ4v) is 1.20. The summed E-state index contributed by atoms with van der Waals surface area (Å²) >= 11 is 0. The van der Waals surface area contributed by atoms with Crippen LogP contribution < -0.4 is 5.32 Å². The molecular formula is C11H23NO2. The van der Waals surface area contributed by atoms with Gasteiger partial charge in [-0.2, -0.15) is 0 Å². The highest BCUT2D eigenvalue weighted by Crippen LogP contribution is 2.19. The van der Waals surface area contributed by atoms with Gasteiger partial charge in [0, 0.05) is 6.04 Å². The molecule has 0 aromatic heterocycles. The summed E-state index contributed by atoms with van der Waals surface area (Å²) in [6, 6.07) is 0.744. The minimum Gasteiger partial charge on any atom is -0.395 e. The molecule has 0 saturated heterocycles. The lowest BCUT2D eigenvalue weighted by molar-refractivity contribution is 0.0124. The van der Waals surface area contributed by atoms with Gasteiger partial charge in [0.1, 0.15) is 0 Å². The topological polar surface area (TPSA) is 41.5 Å². The van der Waals surface area contributed by atoms with E-state index in [4.69, 9.17) is 9.84 Å². The Kier molecular flexibility index (Phi) is 4.85. The first kappa shape index (κ1) is 12.0. The molecule has 0 amide bonds. The zero-order valence-electron chi connectivity index (χ0n) is 9.49. The highest BCUT2D eigenvalue weighted by molar-refractivity contribution is 4.84. The van der Waals surface area contributed by atoms with Gasteiger partial charge in [-0.25, -0.2) is 0 Å². The number of hydrogen-bond acceptors (Lipinski definition) is 3. The number of nitrogens with one attached hydrogen (secondary N) is 1. The van der Waals surface area contributed by atoms with Crippen molar-refractivity contribution in [2.24, 2.45) is 5.92 Å². The molecule has 2 atom stereocenters. The van der Waals surface area contributed by atoms with Crippen molar-refractivity contribution in [3.63, 3.8) is 0 Å². The number of ether oxygens (including phenoxy) is 1. The fraction of sp³-hybridized carbons (Fsp3) is 1.00. The van der Waals surface area contributed by atoms with Gasteiger partial charge in [0.25, 0.3) is 0 Å². The zero-order valence-corrected chi connectivity index (χ0v) is 9.49. The van der Waals surface area contributed by atoms with Crippen molar-refractivity contribution < 1.29 is 9.84 Å². The van der Waals surface area contributed by atoms with E-state index in [9.17, 15) is 0 Å². The van der Waals surface area contributed by atoms with Crippen LogP contribution in [0.2, 0.25) is 0 Å². The molecule has 0 spiro atoms. The predicted molar refractivity (Wildman–Crippen MR) is 57.3 cm³/mol. The van der Waals surface area contributed by atoms with Crippen molar-refractivity contribution in [2.75, 3.05) is 13.2 Å². The molecule has 1 aliphatic rings. The SMILES string of the molecule is CC(C)C(C)OCC(CO)NC1CC1. The molecule has 1 saturated carbocycles. The number of hydrogen-bond donors (Lipinski definition) is 2. The van der Waals surface area contributed by atoms with Crippen LogP contribution in [0.15, 0.2) is 0 Å². The zero-order chi connectivity index (χ0) is 10.6. The van der Waals surface area contributed by atoms with Crippen LogP contribution in [-0.2, 0) is 4.74 Å². The largest absolute Gasteiger partial charge is 0.395 e. The van der Waals surface area contributed by atoms with Gasteiger partial charge < -0.3 is 15.2 Å². The summed E-state index contributed by atoms with van der Waals surface area (Å²) in [7, 11) is 0. The van der Waals surface area contributed by atoms with Crippen molar-refractivity contribution in [3.05, 3.63) is 0 Å². The van der Waals surface area contributed by atoms with Crippen LogP contribution in [0.5, 0.6) is 0 Å². The summed E-state index contributed by atoms with van der Waals surface area (Å²) in [5.41, 5.74) is 0. The molecule has 3 heteroatoms. The Morgan fingerprint density at radius 1 is 1.36 bits per heavy atom. The first-order valence-corrected chi connectivity index (χ1v) is 5.62. The summed E-state index contributed by atoms with van der Waals surface area (Å²) in [4.78, 5) is 0. The van der Waals surface area contributed by atoms with Gasteiger partial charge in [-0.3, -0.25) is 0 Å². The minimum absolute atomic E-state index is 0.115. The van der Waals surface area contributed by atoms with E-state index in [-0.39, 0.29) is 18.8 Å². The summed E-state index contributed by atoms with van der Waals surface area (Å²) in [5.74, 6) is 0.537. The van der Waals surface area contributed by atoms with Crippen LogP contribution in [0.1, 0.15) is 33.6 Å². The molecule has 1 fully saturated rings. The first-order chi connectivity index (χ1) is 6.63. The summed E-state index contributed by atoms with van der Waals surface area (Å²) in [5, 5.41) is 12.5. The second-order valence-corrected chi connectivity index (χ2v) is 4.60. The van der Waals surface area contributed by atoms with E-state index in [1.54, 1.807) is 0 Å².